The summed E-state index contributed by atoms with van der Waals surface area (Å²) in [4.78, 5) is 5.54. The minimum absolute atomic E-state index is 0.566. The van der Waals surface area contributed by atoms with Gasteiger partial charge in [-0.1, -0.05) is 18.6 Å². The maximum Gasteiger partial charge on any atom is 0.119 e. The Balaban J connectivity index is 1.52. The van der Waals surface area contributed by atoms with Crippen LogP contribution in [0.3, 0.4) is 0 Å². The Labute approximate surface area is 170 Å². The Hall–Kier alpha value is -1.10. The van der Waals surface area contributed by atoms with Crippen molar-refractivity contribution in [2.45, 2.75) is 70.1 Å². The van der Waals surface area contributed by atoms with Crippen LogP contribution in [0.1, 0.15) is 51.5 Å². The van der Waals surface area contributed by atoms with Gasteiger partial charge in [-0.15, -0.1) is 0 Å². The van der Waals surface area contributed by atoms with E-state index in [4.69, 9.17) is 4.74 Å². The lowest BCUT2D eigenvalue weighted by Gasteiger charge is -2.57. The maximum atomic E-state index is 10.2. The fraction of sp³-hybridized carbons (Fsp3) is 0.750. The van der Waals surface area contributed by atoms with Gasteiger partial charge in [-0.25, -0.2) is 0 Å². The molecule has 3 aliphatic rings. The summed E-state index contributed by atoms with van der Waals surface area (Å²) in [5, 5.41) is 10.2. The highest BCUT2D eigenvalue weighted by Gasteiger charge is 2.46. The van der Waals surface area contributed by atoms with Crippen LogP contribution >= 0.6 is 0 Å². The van der Waals surface area contributed by atoms with E-state index in [2.05, 4.69) is 28.0 Å². The molecule has 0 amide bonds. The molecule has 4 rings (SSSR count). The molecule has 3 saturated heterocycles. The Bertz CT molecular complexity index is 656. The van der Waals surface area contributed by atoms with Crippen molar-refractivity contribution >= 4 is 0 Å². The van der Waals surface area contributed by atoms with Gasteiger partial charge >= 0.3 is 0 Å². The molecular formula is C24H38N2O2. The summed E-state index contributed by atoms with van der Waals surface area (Å²) >= 11 is 0. The van der Waals surface area contributed by atoms with Crippen LogP contribution in [0.4, 0.5) is 0 Å². The van der Waals surface area contributed by atoms with Gasteiger partial charge in [0.15, 0.2) is 0 Å². The molecule has 28 heavy (non-hydrogen) atoms. The van der Waals surface area contributed by atoms with Crippen LogP contribution in [-0.2, 0) is 6.42 Å². The van der Waals surface area contributed by atoms with Gasteiger partial charge in [-0.2, -0.15) is 0 Å². The van der Waals surface area contributed by atoms with E-state index in [0.29, 0.717) is 6.04 Å². The normalized spacial score (nSPS) is 31.4. The summed E-state index contributed by atoms with van der Waals surface area (Å²) in [7, 11) is 1.76. The molecule has 3 aliphatic heterocycles. The van der Waals surface area contributed by atoms with Crippen molar-refractivity contribution in [3.05, 3.63) is 29.8 Å². The van der Waals surface area contributed by atoms with E-state index in [1.165, 1.54) is 50.9 Å². The minimum Gasteiger partial charge on any atom is -0.497 e. The summed E-state index contributed by atoms with van der Waals surface area (Å²) in [6, 6.07) is 10.1. The van der Waals surface area contributed by atoms with Crippen molar-refractivity contribution in [1.29, 1.82) is 0 Å². The number of aliphatic hydroxyl groups is 1. The molecule has 3 fully saturated rings. The number of likely N-dealkylation sites (tertiary alicyclic amines) is 1. The van der Waals surface area contributed by atoms with Crippen LogP contribution in [0.25, 0.3) is 0 Å². The molecule has 0 radical (unpaired) electrons. The van der Waals surface area contributed by atoms with Crippen LogP contribution in [0.5, 0.6) is 5.75 Å². The summed E-state index contributed by atoms with van der Waals surface area (Å²) in [5.74, 6) is 2.51. The molecule has 1 aromatic carbocycles. The van der Waals surface area contributed by atoms with Crippen molar-refractivity contribution in [1.82, 2.24) is 9.80 Å². The largest absolute Gasteiger partial charge is 0.497 e. The first-order valence-corrected chi connectivity index (χ1v) is 11.3. The van der Waals surface area contributed by atoms with Crippen molar-refractivity contribution in [3.8, 4) is 5.75 Å². The molecule has 4 heteroatoms. The maximum absolute atomic E-state index is 10.2. The van der Waals surface area contributed by atoms with Gasteiger partial charge in [0, 0.05) is 31.7 Å². The van der Waals surface area contributed by atoms with Crippen LogP contribution in [0, 0.1) is 11.8 Å². The molecule has 3 heterocycles. The predicted molar refractivity (Wildman–Crippen MR) is 114 cm³/mol. The lowest BCUT2D eigenvalue weighted by Crippen LogP contribution is -2.64. The van der Waals surface area contributed by atoms with E-state index >= 15 is 0 Å². The second-order valence-electron chi connectivity index (χ2n) is 10.0. The van der Waals surface area contributed by atoms with Gasteiger partial charge in [0.25, 0.3) is 0 Å². The number of hydrogen-bond donors (Lipinski definition) is 1. The molecule has 0 aromatic heterocycles. The fourth-order valence-corrected chi connectivity index (χ4v) is 5.94. The number of fused-ring (bicyclic) bond motifs is 4. The highest BCUT2D eigenvalue weighted by Crippen LogP contribution is 2.42. The zero-order valence-electron chi connectivity index (χ0n) is 17.9. The molecule has 4 nitrogen and oxygen atoms in total. The first kappa shape index (κ1) is 20.2. The van der Waals surface area contributed by atoms with Gasteiger partial charge in [-0.3, -0.25) is 4.90 Å². The minimum atomic E-state index is -0.566. The number of piperidine rings is 3. The first-order valence-electron chi connectivity index (χ1n) is 11.3. The zero-order valence-corrected chi connectivity index (χ0v) is 17.9. The number of ether oxygens (including phenoxy) is 1. The number of rotatable bonds is 6. The van der Waals surface area contributed by atoms with Crippen molar-refractivity contribution in [2.24, 2.45) is 11.8 Å². The number of hydrogen-bond acceptors (Lipinski definition) is 4. The van der Waals surface area contributed by atoms with Crippen LogP contribution in [-0.4, -0.2) is 65.9 Å². The van der Waals surface area contributed by atoms with Gasteiger partial charge < -0.3 is 14.7 Å². The second kappa shape index (κ2) is 8.33. The van der Waals surface area contributed by atoms with E-state index in [1.807, 2.05) is 19.9 Å². The quantitative estimate of drug-likeness (QED) is 0.811. The Morgan fingerprint density at radius 3 is 2.79 bits per heavy atom. The lowest BCUT2D eigenvalue weighted by atomic mass is 9.71. The second-order valence-corrected chi connectivity index (χ2v) is 10.0. The standard InChI is InChI=1S/C24H38N2O2/c1-24(2,27)10-12-25-16-19-15-20(17-25)23(26-11-5-4-9-22(19)26)14-18-7-6-8-21(13-18)28-3/h6-8,13,19-20,22-23,27H,4-5,9-12,14-17H2,1-3H3/t19-,20+,22+,23+/m1/s1. The highest BCUT2D eigenvalue weighted by atomic mass is 16.5. The van der Waals surface area contributed by atoms with E-state index in [9.17, 15) is 5.11 Å². The van der Waals surface area contributed by atoms with Crippen LogP contribution in [0.2, 0.25) is 0 Å². The molecule has 0 aliphatic carbocycles. The molecule has 0 spiro atoms. The van der Waals surface area contributed by atoms with Gasteiger partial charge in [0.1, 0.15) is 5.75 Å². The van der Waals surface area contributed by atoms with Gasteiger partial charge in [0.2, 0.25) is 0 Å². The molecule has 0 saturated carbocycles. The molecule has 4 atom stereocenters. The third-order valence-corrected chi connectivity index (χ3v) is 7.32. The van der Waals surface area contributed by atoms with Crippen molar-refractivity contribution < 1.29 is 9.84 Å². The third-order valence-electron chi connectivity index (χ3n) is 7.32. The van der Waals surface area contributed by atoms with Crippen molar-refractivity contribution in [3.63, 3.8) is 0 Å². The van der Waals surface area contributed by atoms with Crippen LogP contribution in [0.15, 0.2) is 24.3 Å². The molecule has 1 aromatic rings. The van der Waals surface area contributed by atoms with E-state index in [0.717, 1.165) is 43.0 Å². The molecule has 0 unspecified atom stereocenters. The number of methoxy groups -OCH3 is 1. The molecule has 2 bridgehead atoms. The fourth-order valence-electron chi connectivity index (χ4n) is 5.94. The topological polar surface area (TPSA) is 35.9 Å². The first-order chi connectivity index (χ1) is 13.4. The average Bonchev–Trinajstić information content (AvgIpc) is 2.69. The van der Waals surface area contributed by atoms with Gasteiger partial charge in [0.05, 0.1) is 12.7 Å². The van der Waals surface area contributed by atoms with E-state index < -0.39 is 5.60 Å². The molecule has 1 N–H and O–H groups in total. The summed E-state index contributed by atoms with van der Waals surface area (Å²) in [6.45, 7) is 8.58. The SMILES string of the molecule is COc1cccc(C[C@H]2[C@H]3C[C@H](CN(CCC(C)(C)O)C3)[C@@H]3CCCCN32)c1. The average molecular weight is 387 g/mol. The lowest BCUT2D eigenvalue weighted by molar-refractivity contribution is -0.0745. The predicted octanol–water partition coefficient (Wildman–Crippen LogP) is 3.57. The Morgan fingerprint density at radius 1 is 1.18 bits per heavy atom. The summed E-state index contributed by atoms with van der Waals surface area (Å²) < 4.78 is 5.47. The molecule has 156 valence electrons. The van der Waals surface area contributed by atoms with Crippen LogP contribution < -0.4 is 4.74 Å². The van der Waals surface area contributed by atoms with E-state index in [-0.39, 0.29) is 0 Å². The Kier molecular flexibility index (Phi) is 6.01. The Morgan fingerprint density at radius 2 is 2.00 bits per heavy atom. The summed E-state index contributed by atoms with van der Waals surface area (Å²) in [6.07, 6.45) is 7.48. The van der Waals surface area contributed by atoms with Gasteiger partial charge in [-0.05, 0) is 82.0 Å². The highest BCUT2D eigenvalue weighted by molar-refractivity contribution is 5.29. The summed E-state index contributed by atoms with van der Waals surface area (Å²) in [5.41, 5.74) is 0.837. The van der Waals surface area contributed by atoms with Crippen molar-refractivity contribution in [2.75, 3.05) is 33.3 Å². The smallest absolute Gasteiger partial charge is 0.119 e. The molecular weight excluding hydrogens is 348 g/mol. The monoisotopic (exact) mass is 386 g/mol. The zero-order chi connectivity index (χ0) is 19.7. The number of nitrogens with zero attached hydrogens (tertiary/aromatic N) is 2. The van der Waals surface area contributed by atoms with E-state index in [1.54, 1.807) is 7.11 Å². The third kappa shape index (κ3) is 4.55. The number of benzene rings is 1.